The Bertz CT molecular complexity index is 365. The van der Waals surface area contributed by atoms with Crippen LogP contribution in [0.2, 0.25) is 0 Å². The lowest BCUT2D eigenvalue weighted by molar-refractivity contribution is -0.143. The van der Waals surface area contributed by atoms with Gasteiger partial charge in [0.05, 0.1) is 7.11 Å². The van der Waals surface area contributed by atoms with Crippen LogP contribution in [0.3, 0.4) is 0 Å². The van der Waals surface area contributed by atoms with Gasteiger partial charge in [0.15, 0.2) is 0 Å². The molecule has 1 unspecified atom stereocenters. The molecule has 0 saturated carbocycles. The van der Waals surface area contributed by atoms with Crippen LogP contribution in [0.1, 0.15) is 18.9 Å². The summed E-state index contributed by atoms with van der Waals surface area (Å²) in [5.41, 5.74) is 1.26. The van der Waals surface area contributed by atoms with Gasteiger partial charge >= 0.3 is 5.97 Å². The van der Waals surface area contributed by atoms with Gasteiger partial charge in [0.2, 0.25) is 0 Å². The Labute approximate surface area is 113 Å². The highest BCUT2D eigenvalue weighted by atomic mass is 32.2. The van der Waals surface area contributed by atoms with E-state index >= 15 is 0 Å². The molecule has 0 saturated heterocycles. The molecule has 18 heavy (non-hydrogen) atoms. The third-order valence-corrected chi connectivity index (χ3v) is 3.68. The van der Waals surface area contributed by atoms with Crippen LogP contribution in [0.15, 0.2) is 29.2 Å². The number of nitrogens with one attached hydrogen (secondary N) is 1. The zero-order valence-electron chi connectivity index (χ0n) is 11.2. The molecule has 0 aliphatic carbocycles. The van der Waals surface area contributed by atoms with E-state index in [4.69, 9.17) is 4.74 Å². The molecule has 0 aliphatic heterocycles. The van der Waals surface area contributed by atoms with Gasteiger partial charge in [-0.2, -0.15) is 0 Å². The van der Waals surface area contributed by atoms with Crippen LogP contribution in [0.4, 0.5) is 0 Å². The molecule has 0 amide bonds. The molecular formula is C14H21NO2S. The average Bonchev–Trinajstić information content (AvgIpc) is 2.39. The Hall–Kier alpha value is -1.00. The minimum atomic E-state index is -0.196. The van der Waals surface area contributed by atoms with Gasteiger partial charge < -0.3 is 10.1 Å². The standard InChI is InChI=1S/C14H21NO2S/c1-4-15-13(14(16)17-3)9-10-18-12-7-5-11(2)6-8-12/h5-8,13,15H,4,9-10H2,1-3H3. The van der Waals surface area contributed by atoms with Gasteiger partial charge in [0, 0.05) is 10.6 Å². The maximum absolute atomic E-state index is 11.5. The Morgan fingerprint density at radius 3 is 2.61 bits per heavy atom. The van der Waals surface area contributed by atoms with Gasteiger partial charge in [-0.25, -0.2) is 0 Å². The van der Waals surface area contributed by atoms with Crippen molar-refractivity contribution >= 4 is 17.7 Å². The van der Waals surface area contributed by atoms with E-state index in [2.05, 4.69) is 36.5 Å². The second kappa shape index (κ2) is 8.16. The summed E-state index contributed by atoms with van der Waals surface area (Å²) < 4.78 is 4.77. The molecule has 1 atom stereocenters. The van der Waals surface area contributed by atoms with E-state index < -0.39 is 0 Å². The summed E-state index contributed by atoms with van der Waals surface area (Å²) in [5.74, 6) is 0.719. The van der Waals surface area contributed by atoms with Crippen LogP contribution < -0.4 is 5.32 Å². The molecule has 4 heteroatoms. The number of ether oxygens (including phenoxy) is 1. The van der Waals surface area contributed by atoms with E-state index in [1.807, 2.05) is 6.92 Å². The lowest BCUT2D eigenvalue weighted by Crippen LogP contribution is -2.37. The summed E-state index contributed by atoms with van der Waals surface area (Å²) in [6.07, 6.45) is 0.777. The van der Waals surface area contributed by atoms with Crippen LogP contribution in [0.25, 0.3) is 0 Å². The van der Waals surface area contributed by atoms with Crippen LogP contribution >= 0.6 is 11.8 Å². The lowest BCUT2D eigenvalue weighted by Gasteiger charge is -2.14. The first-order chi connectivity index (χ1) is 8.67. The van der Waals surface area contributed by atoms with Crippen molar-refractivity contribution < 1.29 is 9.53 Å². The highest BCUT2D eigenvalue weighted by molar-refractivity contribution is 7.99. The fraction of sp³-hybridized carbons (Fsp3) is 0.500. The van der Waals surface area contributed by atoms with Crippen LogP contribution in [0, 0.1) is 6.92 Å². The first-order valence-corrected chi connectivity index (χ1v) is 7.16. The van der Waals surface area contributed by atoms with E-state index in [9.17, 15) is 4.79 Å². The van der Waals surface area contributed by atoms with Crippen LogP contribution in [-0.4, -0.2) is 31.4 Å². The predicted molar refractivity (Wildman–Crippen MR) is 76.0 cm³/mol. The molecule has 1 rings (SSSR count). The maximum atomic E-state index is 11.5. The number of methoxy groups -OCH3 is 1. The highest BCUT2D eigenvalue weighted by Gasteiger charge is 2.17. The molecule has 3 nitrogen and oxygen atoms in total. The van der Waals surface area contributed by atoms with Gasteiger partial charge in [-0.05, 0) is 32.0 Å². The minimum Gasteiger partial charge on any atom is -0.468 e. The Balaban J connectivity index is 2.38. The molecule has 0 radical (unpaired) electrons. The van der Waals surface area contributed by atoms with Crippen molar-refractivity contribution in [3.8, 4) is 0 Å². The molecule has 1 aromatic carbocycles. The number of hydrogen-bond donors (Lipinski definition) is 1. The summed E-state index contributed by atoms with van der Waals surface area (Å²) in [5, 5.41) is 3.14. The predicted octanol–water partition coefficient (Wildman–Crippen LogP) is 2.63. The number of esters is 1. The Morgan fingerprint density at radius 2 is 2.06 bits per heavy atom. The number of benzene rings is 1. The summed E-state index contributed by atoms with van der Waals surface area (Å²) in [7, 11) is 1.43. The van der Waals surface area contributed by atoms with Crippen molar-refractivity contribution in [1.29, 1.82) is 0 Å². The molecule has 0 fully saturated rings. The fourth-order valence-electron chi connectivity index (χ4n) is 1.62. The summed E-state index contributed by atoms with van der Waals surface area (Å²) in [4.78, 5) is 12.7. The third-order valence-electron chi connectivity index (χ3n) is 2.63. The second-order valence-electron chi connectivity index (χ2n) is 4.08. The molecule has 1 N–H and O–H groups in total. The molecule has 1 aromatic rings. The normalized spacial score (nSPS) is 12.2. The number of thioether (sulfide) groups is 1. The number of carbonyl (C=O) groups excluding carboxylic acids is 1. The van der Waals surface area contributed by atoms with E-state index in [0.717, 1.165) is 18.7 Å². The van der Waals surface area contributed by atoms with E-state index in [1.54, 1.807) is 11.8 Å². The largest absolute Gasteiger partial charge is 0.468 e. The van der Waals surface area contributed by atoms with Crippen molar-refractivity contribution in [2.45, 2.75) is 31.2 Å². The summed E-state index contributed by atoms with van der Waals surface area (Å²) in [6, 6.07) is 8.23. The van der Waals surface area contributed by atoms with Gasteiger partial charge in [0.25, 0.3) is 0 Å². The monoisotopic (exact) mass is 267 g/mol. The second-order valence-corrected chi connectivity index (χ2v) is 5.25. The first-order valence-electron chi connectivity index (χ1n) is 6.18. The first kappa shape index (κ1) is 15.1. The number of rotatable bonds is 7. The molecule has 0 heterocycles. The maximum Gasteiger partial charge on any atom is 0.322 e. The van der Waals surface area contributed by atoms with Gasteiger partial charge in [-0.1, -0.05) is 24.6 Å². The van der Waals surface area contributed by atoms with Crippen molar-refractivity contribution in [2.75, 3.05) is 19.4 Å². The van der Waals surface area contributed by atoms with Gasteiger partial charge in [-0.15, -0.1) is 11.8 Å². The Kier molecular flexibility index (Phi) is 6.83. The molecule has 0 aliphatic rings. The van der Waals surface area contributed by atoms with Crippen molar-refractivity contribution in [3.05, 3.63) is 29.8 Å². The fourth-order valence-corrected chi connectivity index (χ4v) is 2.54. The topological polar surface area (TPSA) is 38.3 Å². The SMILES string of the molecule is CCNC(CCSc1ccc(C)cc1)C(=O)OC. The average molecular weight is 267 g/mol. The van der Waals surface area contributed by atoms with E-state index in [-0.39, 0.29) is 12.0 Å². The van der Waals surface area contributed by atoms with E-state index in [0.29, 0.717) is 0 Å². The van der Waals surface area contributed by atoms with Gasteiger partial charge in [0.1, 0.15) is 6.04 Å². The number of carbonyl (C=O) groups is 1. The molecule has 0 aromatic heterocycles. The zero-order chi connectivity index (χ0) is 13.4. The van der Waals surface area contributed by atoms with Gasteiger partial charge in [-0.3, -0.25) is 4.79 Å². The summed E-state index contributed by atoms with van der Waals surface area (Å²) in [6.45, 7) is 4.84. The molecule has 100 valence electrons. The summed E-state index contributed by atoms with van der Waals surface area (Å²) >= 11 is 1.76. The van der Waals surface area contributed by atoms with Crippen LogP contribution in [-0.2, 0) is 9.53 Å². The number of likely N-dealkylation sites (N-methyl/N-ethyl adjacent to an activating group) is 1. The van der Waals surface area contributed by atoms with Crippen molar-refractivity contribution in [2.24, 2.45) is 0 Å². The zero-order valence-corrected chi connectivity index (χ0v) is 12.0. The number of hydrogen-bond acceptors (Lipinski definition) is 4. The van der Waals surface area contributed by atoms with Crippen molar-refractivity contribution in [1.82, 2.24) is 5.32 Å². The Morgan fingerprint density at radius 1 is 1.39 bits per heavy atom. The highest BCUT2D eigenvalue weighted by Crippen LogP contribution is 2.19. The quantitative estimate of drug-likeness (QED) is 0.609. The van der Waals surface area contributed by atoms with E-state index in [1.165, 1.54) is 17.6 Å². The molecule has 0 bridgehead atoms. The molecular weight excluding hydrogens is 246 g/mol. The van der Waals surface area contributed by atoms with Crippen LogP contribution in [0.5, 0.6) is 0 Å². The number of aryl methyl sites for hydroxylation is 1. The lowest BCUT2D eigenvalue weighted by atomic mass is 10.2. The van der Waals surface area contributed by atoms with Crippen molar-refractivity contribution in [3.63, 3.8) is 0 Å². The smallest absolute Gasteiger partial charge is 0.322 e. The molecule has 0 spiro atoms. The minimum absolute atomic E-state index is 0.179. The third kappa shape index (κ3) is 5.10.